The highest BCUT2D eigenvalue weighted by atomic mass is 16.5. The molecule has 1 nitrogen and oxygen atoms in total. The third-order valence-electron chi connectivity index (χ3n) is 3.44. The predicted molar refractivity (Wildman–Crippen MR) is 90.7 cm³/mol. The first-order chi connectivity index (χ1) is 10.2. The predicted octanol–water partition coefficient (Wildman–Crippen LogP) is 5.07. The van der Waals surface area contributed by atoms with Crippen LogP contribution >= 0.6 is 0 Å². The molecule has 2 aromatic carbocycles. The second-order valence-electron chi connectivity index (χ2n) is 5.20. The van der Waals surface area contributed by atoms with Crippen LogP contribution in [0.5, 0.6) is 5.75 Å². The van der Waals surface area contributed by atoms with Crippen molar-refractivity contribution in [3.05, 3.63) is 83.4 Å². The smallest absolute Gasteiger partial charge is 0.126 e. The summed E-state index contributed by atoms with van der Waals surface area (Å²) in [5.74, 6) is 0.915. The summed E-state index contributed by atoms with van der Waals surface area (Å²) in [6.45, 7) is 5.92. The van der Waals surface area contributed by atoms with Crippen molar-refractivity contribution in [1.82, 2.24) is 0 Å². The van der Waals surface area contributed by atoms with E-state index < -0.39 is 0 Å². The van der Waals surface area contributed by atoms with Gasteiger partial charge in [-0.25, -0.2) is 0 Å². The van der Waals surface area contributed by atoms with Crippen LogP contribution in [-0.2, 0) is 12.8 Å². The van der Waals surface area contributed by atoms with E-state index in [4.69, 9.17) is 4.74 Å². The summed E-state index contributed by atoms with van der Waals surface area (Å²) in [5, 5.41) is 0. The van der Waals surface area contributed by atoms with E-state index in [-0.39, 0.29) is 0 Å². The van der Waals surface area contributed by atoms with E-state index in [0.717, 1.165) is 29.7 Å². The van der Waals surface area contributed by atoms with Crippen LogP contribution in [0.4, 0.5) is 0 Å². The lowest BCUT2D eigenvalue weighted by atomic mass is 9.98. The van der Waals surface area contributed by atoms with Crippen LogP contribution in [-0.4, -0.2) is 7.11 Å². The molecule has 0 heterocycles. The van der Waals surface area contributed by atoms with Gasteiger partial charge in [0.2, 0.25) is 0 Å². The molecule has 1 heteroatoms. The fourth-order valence-corrected chi connectivity index (χ4v) is 2.32. The Morgan fingerprint density at radius 3 is 2.48 bits per heavy atom. The lowest BCUT2D eigenvalue weighted by molar-refractivity contribution is 0.413. The topological polar surface area (TPSA) is 9.23 Å². The molecule has 0 N–H and O–H groups in total. The van der Waals surface area contributed by atoms with Gasteiger partial charge in [0.05, 0.1) is 7.11 Å². The van der Waals surface area contributed by atoms with Gasteiger partial charge < -0.3 is 4.74 Å². The summed E-state index contributed by atoms with van der Waals surface area (Å²) >= 11 is 0. The number of allylic oxidation sites excluding steroid dienone is 2. The molecule has 0 aliphatic heterocycles. The van der Waals surface area contributed by atoms with Gasteiger partial charge in [-0.05, 0) is 37.0 Å². The van der Waals surface area contributed by atoms with Crippen molar-refractivity contribution in [3.63, 3.8) is 0 Å². The maximum atomic E-state index is 5.49. The number of ether oxygens (including phenoxy) is 1. The molecule has 21 heavy (non-hydrogen) atoms. The van der Waals surface area contributed by atoms with Crippen LogP contribution in [0, 0.1) is 0 Å². The Morgan fingerprint density at radius 1 is 1.05 bits per heavy atom. The van der Waals surface area contributed by atoms with E-state index in [0.29, 0.717) is 0 Å². The number of methoxy groups -OCH3 is 1. The number of aryl methyl sites for hydroxylation is 2. The maximum Gasteiger partial charge on any atom is 0.126 e. The van der Waals surface area contributed by atoms with Gasteiger partial charge >= 0.3 is 0 Å². The molecule has 0 unspecified atom stereocenters. The van der Waals surface area contributed by atoms with E-state index in [2.05, 4.69) is 55.1 Å². The maximum absolute atomic E-state index is 5.49. The molecule has 0 spiro atoms. The first-order valence-electron chi connectivity index (χ1n) is 7.24. The average Bonchev–Trinajstić information content (AvgIpc) is 2.51. The molecule has 0 aliphatic carbocycles. The molecular formula is C20H22O. The van der Waals surface area contributed by atoms with E-state index >= 15 is 0 Å². The monoisotopic (exact) mass is 278 g/mol. The Kier molecular flexibility index (Phi) is 5.39. The Balaban J connectivity index is 2.23. The molecule has 0 saturated heterocycles. The molecule has 0 aromatic heterocycles. The molecular weight excluding hydrogens is 256 g/mol. The standard InChI is InChI=1S/C20H22O/c1-16(2)12-15-19-18(10-7-11-20(19)21-3)14-13-17-8-5-4-6-9-17/h4-12,15H,1,13-14H2,2-3H3. The molecule has 2 aromatic rings. The highest BCUT2D eigenvalue weighted by Crippen LogP contribution is 2.25. The van der Waals surface area contributed by atoms with Crippen molar-refractivity contribution in [1.29, 1.82) is 0 Å². The van der Waals surface area contributed by atoms with Gasteiger partial charge in [-0.3, -0.25) is 0 Å². The van der Waals surface area contributed by atoms with Gasteiger partial charge in [0, 0.05) is 5.56 Å². The molecule has 0 amide bonds. The molecule has 0 radical (unpaired) electrons. The molecule has 0 fully saturated rings. The van der Waals surface area contributed by atoms with Gasteiger partial charge in [0.15, 0.2) is 0 Å². The van der Waals surface area contributed by atoms with Crippen LogP contribution in [0.2, 0.25) is 0 Å². The normalized spacial score (nSPS) is 10.8. The van der Waals surface area contributed by atoms with Gasteiger partial charge in [-0.2, -0.15) is 0 Å². The average molecular weight is 278 g/mol. The highest BCUT2D eigenvalue weighted by Gasteiger charge is 2.06. The van der Waals surface area contributed by atoms with Crippen molar-refractivity contribution < 1.29 is 4.74 Å². The third kappa shape index (κ3) is 4.35. The summed E-state index contributed by atoms with van der Waals surface area (Å²) < 4.78 is 5.49. The molecule has 0 aliphatic rings. The van der Waals surface area contributed by atoms with E-state index in [1.54, 1.807) is 7.11 Å². The van der Waals surface area contributed by atoms with Gasteiger partial charge in [0.1, 0.15) is 5.75 Å². The Labute approximate surface area is 127 Å². The van der Waals surface area contributed by atoms with Gasteiger partial charge in [0.25, 0.3) is 0 Å². The SMILES string of the molecule is C=C(C)C=Cc1c(CCc2ccccc2)cccc1OC. The minimum atomic E-state index is 0.915. The zero-order valence-corrected chi connectivity index (χ0v) is 12.8. The summed E-state index contributed by atoms with van der Waals surface area (Å²) in [6, 6.07) is 16.8. The fourth-order valence-electron chi connectivity index (χ4n) is 2.32. The quantitative estimate of drug-likeness (QED) is 0.670. The number of benzene rings is 2. The number of rotatable bonds is 6. The van der Waals surface area contributed by atoms with Gasteiger partial charge in [-0.15, -0.1) is 0 Å². The van der Waals surface area contributed by atoms with E-state index in [1.807, 2.05) is 19.1 Å². The molecule has 0 atom stereocenters. The molecule has 0 saturated carbocycles. The zero-order valence-electron chi connectivity index (χ0n) is 12.8. The number of hydrogen-bond acceptors (Lipinski definition) is 1. The van der Waals surface area contributed by atoms with Crippen LogP contribution in [0.25, 0.3) is 6.08 Å². The zero-order chi connectivity index (χ0) is 15.1. The summed E-state index contributed by atoms with van der Waals surface area (Å²) in [4.78, 5) is 0. The largest absolute Gasteiger partial charge is 0.496 e. The van der Waals surface area contributed by atoms with Crippen LogP contribution in [0.3, 0.4) is 0 Å². The minimum Gasteiger partial charge on any atom is -0.496 e. The van der Waals surface area contributed by atoms with Crippen LogP contribution in [0.1, 0.15) is 23.6 Å². The second-order valence-corrected chi connectivity index (χ2v) is 5.20. The summed E-state index contributed by atoms with van der Waals surface area (Å²) in [7, 11) is 1.72. The van der Waals surface area contributed by atoms with Crippen molar-refractivity contribution in [3.8, 4) is 5.75 Å². The Hall–Kier alpha value is -2.28. The summed E-state index contributed by atoms with van der Waals surface area (Å²) in [6.07, 6.45) is 6.16. The van der Waals surface area contributed by atoms with E-state index in [9.17, 15) is 0 Å². The Bertz CT molecular complexity index is 624. The molecule has 0 bridgehead atoms. The van der Waals surface area contributed by atoms with Gasteiger partial charge in [-0.1, -0.05) is 66.8 Å². The first-order valence-corrected chi connectivity index (χ1v) is 7.24. The second kappa shape index (κ2) is 7.49. The van der Waals surface area contributed by atoms with Crippen molar-refractivity contribution in [2.24, 2.45) is 0 Å². The Morgan fingerprint density at radius 2 is 1.81 bits per heavy atom. The van der Waals surface area contributed by atoms with Crippen molar-refractivity contribution in [2.75, 3.05) is 7.11 Å². The highest BCUT2D eigenvalue weighted by molar-refractivity contribution is 5.63. The van der Waals surface area contributed by atoms with Crippen LogP contribution in [0.15, 0.2) is 66.8 Å². The van der Waals surface area contributed by atoms with Crippen molar-refractivity contribution >= 4 is 6.08 Å². The number of hydrogen-bond donors (Lipinski definition) is 0. The molecule has 2 rings (SSSR count). The van der Waals surface area contributed by atoms with Crippen LogP contribution < -0.4 is 4.74 Å². The molecule has 108 valence electrons. The van der Waals surface area contributed by atoms with E-state index in [1.165, 1.54) is 11.1 Å². The minimum absolute atomic E-state index is 0.915. The first kappa shape index (κ1) is 15.1. The fraction of sp³-hybridized carbons (Fsp3) is 0.200. The lowest BCUT2D eigenvalue weighted by Gasteiger charge is -2.11. The summed E-state index contributed by atoms with van der Waals surface area (Å²) in [5.41, 5.74) is 4.85. The third-order valence-corrected chi connectivity index (χ3v) is 3.44. The van der Waals surface area contributed by atoms with Crippen molar-refractivity contribution in [2.45, 2.75) is 19.8 Å². The lowest BCUT2D eigenvalue weighted by Crippen LogP contribution is -1.97.